The highest BCUT2D eigenvalue weighted by molar-refractivity contribution is 6.30. The van der Waals surface area contributed by atoms with Gasteiger partial charge in [0, 0.05) is 30.2 Å². The molecule has 0 aliphatic carbocycles. The summed E-state index contributed by atoms with van der Waals surface area (Å²) in [6.07, 6.45) is -1.87. The summed E-state index contributed by atoms with van der Waals surface area (Å²) >= 11 is 6.00. The first-order valence-corrected chi connectivity index (χ1v) is 11.9. The number of carbonyl (C=O) groups excluding carboxylic acids is 1. The van der Waals surface area contributed by atoms with Crippen LogP contribution in [0.3, 0.4) is 0 Å². The number of aliphatic hydroxyl groups is 1. The third-order valence-corrected chi connectivity index (χ3v) is 6.03. The highest BCUT2D eigenvalue weighted by Crippen LogP contribution is 2.34. The molecule has 0 spiro atoms. The fraction of sp³-hybridized carbons (Fsp3) is 0.583. The fourth-order valence-electron chi connectivity index (χ4n) is 4.22. The van der Waals surface area contributed by atoms with Gasteiger partial charge in [-0.25, -0.2) is 4.79 Å². The maximum Gasteiger partial charge on any atom is 0.416 e. The van der Waals surface area contributed by atoms with Crippen LogP contribution in [-0.4, -0.2) is 45.3 Å². The molecule has 11 heteroatoms. The minimum atomic E-state index is -4.54. The summed E-state index contributed by atoms with van der Waals surface area (Å²) in [7, 11) is 0. The number of ether oxygens (including phenoxy) is 1. The van der Waals surface area contributed by atoms with Crippen molar-refractivity contribution in [3.05, 3.63) is 46.3 Å². The first-order chi connectivity index (χ1) is 16.3. The van der Waals surface area contributed by atoms with Gasteiger partial charge in [0.05, 0.1) is 12.2 Å². The second kappa shape index (κ2) is 10.7. The van der Waals surface area contributed by atoms with Gasteiger partial charge in [0.25, 0.3) is 6.01 Å². The maximum absolute atomic E-state index is 13.4. The molecule has 1 amide bonds. The first kappa shape index (κ1) is 27.1. The Labute approximate surface area is 207 Å². The summed E-state index contributed by atoms with van der Waals surface area (Å²) in [5.74, 6) is 0. The molecule has 0 saturated carbocycles. The molecule has 2 aromatic rings. The molecule has 35 heavy (non-hydrogen) atoms. The standard InChI is InChI=1S/C24H31ClF3N3O4/c1-5-19-11-20(6-7-30(19)22(33)35-23(2,3)4)31(21-29-18(13-32)14-34-21)12-15-8-16(24(26,27)28)10-17(25)9-15/h8-10,14,19-20,32H,5-7,11-13H2,1-4H3/t19-,20-/m1/s1. The van der Waals surface area contributed by atoms with Crippen LogP contribution in [0, 0.1) is 0 Å². The van der Waals surface area contributed by atoms with E-state index in [1.807, 2.05) is 27.7 Å². The number of nitrogens with zero attached hydrogens (tertiary/aromatic N) is 3. The number of alkyl halides is 3. The molecule has 0 unspecified atom stereocenters. The Balaban J connectivity index is 1.89. The average Bonchev–Trinajstić information content (AvgIpc) is 3.24. The van der Waals surface area contributed by atoms with Crippen molar-refractivity contribution >= 4 is 23.7 Å². The minimum Gasteiger partial charge on any atom is -0.444 e. The van der Waals surface area contributed by atoms with Gasteiger partial charge < -0.3 is 24.1 Å². The van der Waals surface area contributed by atoms with Crippen molar-refractivity contribution in [2.45, 2.75) is 84.0 Å². The number of piperidine rings is 1. The van der Waals surface area contributed by atoms with E-state index in [9.17, 15) is 23.1 Å². The van der Waals surface area contributed by atoms with Crippen molar-refractivity contribution < 1.29 is 32.2 Å². The number of anilines is 1. The molecule has 3 rings (SSSR count). The van der Waals surface area contributed by atoms with Crippen LogP contribution in [0.15, 0.2) is 28.9 Å². The number of aliphatic hydroxyl groups excluding tert-OH is 1. The number of carbonyl (C=O) groups is 1. The number of oxazole rings is 1. The lowest BCUT2D eigenvalue weighted by Gasteiger charge is -2.43. The van der Waals surface area contributed by atoms with Gasteiger partial charge in [-0.3, -0.25) is 0 Å². The topological polar surface area (TPSA) is 79.0 Å². The quantitative estimate of drug-likeness (QED) is 0.504. The normalized spacial score (nSPS) is 19.1. The molecule has 1 aliphatic heterocycles. The number of rotatable bonds is 6. The summed E-state index contributed by atoms with van der Waals surface area (Å²) in [4.78, 5) is 20.5. The van der Waals surface area contributed by atoms with Crippen LogP contribution in [0.1, 0.15) is 63.8 Å². The predicted molar refractivity (Wildman–Crippen MR) is 125 cm³/mol. The van der Waals surface area contributed by atoms with Crippen LogP contribution in [0.4, 0.5) is 24.0 Å². The number of benzene rings is 1. The molecule has 7 nitrogen and oxygen atoms in total. The molecule has 1 saturated heterocycles. The lowest BCUT2D eigenvalue weighted by atomic mass is 9.94. The van der Waals surface area contributed by atoms with Gasteiger partial charge >= 0.3 is 12.3 Å². The number of aromatic nitrogens is 1. The molecule has 1 fully saturated rings. The minimum absolute atomic E-state index is 0.0237. The Hall–Kier alpha value is -2.46. The van der Waals surface area contributed by atoms with E-state index < -0.39 is 23.4 Å². The average molecular weight is 518 g/mol. The van der Waals surface area contributed by atoms with Gasteiger partial charge in [0.15, 0.2) is 0 Å². The Morgan fingerprint density at radius 3 is 2.60 bits per heavy atom. The molecule has 2 heterocycles. The van der Waals surface area contributed by atoms with E-state index in [1.165, 1.54) is 12.3 Å². The number of hydrogen-bond donors (Lipinski definition) is 1. The summed E-state index contributed by atoms with van der Waals surface area (Å²) < 4.78 is 51.2. The SMILES string of the molecule is CC[C@@H]1C[C@H](N(Cc2cc(Cl)cc(C(F)(F)F)c2)c2nc(CO)co2)CCN1C(=O)OC(C)(C)C. The summed E-state index contributed by atoms with van der Waals surface area (Å²) in [5.41, 5.74) is -0.809. The molecular formula is C24H31ClF3N3O4. The number of amides is 1. The van der Waals surface area contributed by atoms with E-state index >= 15 is 0 Å². The van der Waals surface area contributed by atoms with Crippen LogP contribution in [-0.2, 0) is 24.1 Å². The van der Waals surface area contributed by atoms with Gasteiger partial charge in [-0.1, -0.05) is 18.5 Å². The molecule has 1 N–H and O–H groups in total. The monoisotopic (exact) mass is 517 g/mol. The van der Waals surface area contributed by atoms with Crippen LogP contribution in [0.25, 0.3) is 0 Å². The van der Waals surface area contributed by atoms with E-state index in [4.69, 9.17) is 20.8 Å². The highest BCUT2D eigenvalue weighted by Gasteiger charge is 2.37. The first-order valence-electron chi connectivity index (χ1n) is 11.5. The van der Waals surface area contributed by atoms with E-state index in [0.717, 1.165) is 12.1 Å². The Morgan fingerprint density at radius 2 is 2.03 bits per heavy atom. The van der Waals surface area contributed by atoms with Gasteiger partial charge in [-0.15, -0.1) is 0 Å². The van der Waals surface area contributed by atoms with Crippen molar-refractivity contribution in [1.29, 1.82) is 0 Å². The van der Waals surface area contributed by atoms with Crippen LogP contribution in [0.5, 0.6) is 0 Å². The highest BCUT2D eigenvalue weighted by atomic mass is 35.5. The molecular weight excluding hydrogens is 487 g/mol. The third kappa shape index (κ3) is 7.04. The van der Waals surface area contributed by atoms with E-state index in [1.54, 1.807) is 9.80 Å². The Morgan fingerprint density at radius 1 is 1.31 bits per heavy atom. The lowest BCUT2D eigenvalue weighted by molar-refractivity contribution is -0.137. The maximum atomic E-state index is 13.4. The molecule has 1 aliphatic rings. The molecule has 1 aromatic heterocycles. The second-order valence-corrected chi connectivity index (χ2v) is 10.1. The van der Waals surface area contributed by atoms with E-state index in [2.05, 4.69) is 4.98 Å². The van der Waals surface area contributed by atoms with Gasteiger partial charge in [-0.05, 0) is 63.8 Å². The Bertz CT molecular complexity index is 1020. The van der Waals surface area contributed by atoms with Gasteiger partial charge in [-0.2, -0.15) is 18.2 Å². The summed E-state index contributed by atoms with van der Waals surface area (Å²) in [6, 6.07) is 3.29. The van der Waals surface area contributed by atoms with Crippen molar-refractivity contribution in [2.75, 3.05) is 11.4 Å². The van der Waals surface area contributed by atoms with Crippen LogP contribution >= 0.6 is 11.6 Å². The van der Waals surface area contributed by atoms with Gasteiger partial charge in [0.1, 0.15) is 17.6 Å². The van der Waals surface area contributed by atoms with E-state index in [0.29, 0.717) is 37.1 Å². The predicted octanol–water partition coefficient (Wildman–Crippen LogP) is 6.02. The zero-order chi connectivity index (χ0) is 26.0. The third-order valence-electron chi connectivity index (χ3n) is 5.81. The summed E-state index contributed by atoms with van der Waals surface area (Å²) in [5, 5.41) is 9.40. The number of likely N-dealkylation sites (tertiary alicyclic amines) is 1. The zero-order valence-electron chi connectivity index (χ0n) is 20.2. The smallest absolute Gasteiger partial charge is 0.416 e. The molecule has 2 atom stereocenters. The summed E-state index contributed by atoms with van der Waals surface area (Å²) in [6.45, 7) is 7.53. The number of halogens is 4. The molecule has 1 aromatic carbocycles. The lowest BCUT2D eigenvalue weighted by Crippen LogP contribution is -2.53. The molecule has 194 valence electrons. The largest absolute Gasteiger partial charge is 0.444 e. The van der Waals surface area contributed by atoms with Crippen molar-refractivity contribution in [3.8, 4) is 0 Å². The van der Waals surface area contributed by atoms with E-state index in [-0.39, 0.29) is 36.3 Å². The molecule has 0 radical (unpaired) electrons. The Kier molecular flexibility index (Phi) is 8.26. The zero-order valence-corrected chi connectivity index (χ0v) is 21.0. The molecule has 0 bridgehead atoms. The van der Waals surface area contributed by atoms with Crippen molar-refractivity contribution in [2.24, 2.45) is 0 Å². The van der Waals surface area contributed by atoms with Crippen molar-refractivity contribution in [1.82, 2.24) is 9.88 Å². The van der Waals surface area contributed by atoms with Gasteiger partial charge in [0.2, 0.25) is 0 Å². The van der Waals surface area contributed by atoms with Crippen molar-refractivity contribution in [3.63, 3.8) is 0 Å². The van der Waals surface area contributed by atoms with Crippen LogP contribution < -0.4 is 4.90 Å². The van der Waals surface area contributed by atoms with Crippen LogP contribution in [0.2, 0.25) is 5.02 Å². The number of hydrogen-bond acceptors (Lipinski definition) is 6. The second-order valence-electron chi connectivity index (χ2n) is 9.67. The fourth-order valence-corrected chi connectivity index (χ4v) is 4.47.